The van der Waals surface area contributed by atoms with Crippen molar-refractivity contribution in [3.63, 3.8) is 0 Å². The summed E-state index contributed by atoms with van der Waals surface area (Å²) in [6.07, 6.45) is 10.3. The van der Waals surface area contributed by atoms with Crippen LogP contribution in [0.5, 0.6) is 0 Å². The number of aromatic nitrogens is 7. The standard InChI is InChI=1S/C29H24ClN9/c1-37-15-20-12-19(37)16-38(20)25-5-2-18(13-33-25)24-8-11-32-29-26(21-3-4-23(30)28-22(21)14-34-35-28)27(36-39(24)29)17-6-9-31-10-7-17/h2-11,13-14,19-20H,12,15-16H2,1H3,(H,34,35)/t19-,20-/m1/s1. The summed E-state index contributed by atoms with van der Waals surface area (Å²) in [4.78, 5) is 18.8. The van der Waals surface area contributed by atoms with E-state index in [0.717, 1.165) is 69.1 Å². The van der Waals surface area contributed by atoms with E-state index in [-0.39, 0.29) is 0 Å². The molecule has 2 atom stereocenters. The first-order chi connectivity index (χ1) is 19.2. The molecule has 0 aliphatic carbocycles. The third-order valence-corrected chi connectivity index (χ3v) is 8.47. The van der Waals surface area contributed by atoms with Gasteiger partial charge in [0.1, 0.15) is 11.5 Å². The molecule has 9 nitrogen and oxygen atoms in total. The van der Waals surface area contributed by atoms with Gasteiger partial charge in [-0.2, -0.15) is 10.2 Å². The number of aromatic amines is 1. The Kier molecular flexibility index (Phi) is 4.98. The van der Waals surface area contributed by atoms with Gasteiger partial charge in [-0.05, 0) is 55.4 Å². The first-order valence-corrected chi connectivity index (χ1v) is 13.4. The van der Waals surface area contributed by atoms with E-state index in [1.165, 1.54) is 6.42 Å². The molecule has 2 fully saturated rings. The van der Waals surface area contributed by atoms with Crippen LogP contribution in [-0.2, 0) is 0 Å². The zero-order valence-corrected chi connectivity index (χ0v) is 21.9. The number of likely N-dealkylation sites (N-methyl/N-ethyl adjacent to an activating group) is 1. The summed E-state index contributed by atoms with van der Waals surface area (Å²) in [5.74, 6) is 1.03. The van der Waals surface area contributed by atoms with Crippen LogP contribution in [0.3, 0.4) is 0 Å². The quantitative estimate of drug-likeness (QED) is 0.343. The number of nitrogens with one attached hydrogen (secondary N) is 1. The van der Waals surface area contributed by atoms with Gasteiger partial charge >= 0.3 is 0 Å². The van der Waals surface area contributed by atoms with Crippen molar-refractivity contribution >= 4 is 34.0 Å². The second-order valence-electron chi connectivity index (χ2n) is 10.3. The second kappa shape index (κ2) is 8.59. The Hall–Kier alpha value is -4.34. The maximum absolute atomic E-state index is 6.47. The van der Waals surface area contributed by atoms with Crippen molar-refractivity contribution in [1.29, 1.82) is 0 Å². The number of H-pyrrole nitrogens is 1. The van der Waals surface area contributed by atoms with Crippen LogP contribution in [0, 0.1) is 0 Å². The Bertz CT molecular complexity index is 1840. The van der Waals surface area contributed by atoms with Crippen molar-refractivity contribution in [3.05, 3.63) is 78.5 Å². The number of piperazine rings is 1. The lowest BCUT2D eigenvalue weighted by Gasteiger charge is -2.32. The normalized spacial score (nSPS) is 19.1. The van der Waals surface area contributed by atoms with Crippen LogP contribution in [-0.4, -0.2) is 71.9 Å². The molecular weight excluding hydrogens is 510 g/mol. The zero-order chi connectivity index (χ0) is 26.1. The minimum Gasteiger partial charge on any atom is -0.351 e. The van der Waals surface area contributed by atoms with Gasteiger partial charge in [0.05, 0.1) is 28.0 Å². The molecule has 0 unspecified atom stereocenters. The highest BCUT2D eigenvalue weighted by Gasteiger charge is 2.41. The molecule has 2 aliphatic heterocycles. The molecule has 39 heavy (non-hydrogen) atoms. The number of hydrogen-bond donors (Lipinski definition) is 1. The Morgan fingerprint density at radius 1 is 0.897 bits per heavy atom. The summed E-state index contributed by atoms with van der Waals surface area (Å²) in [7, 11) is 2.22. The van der Waals surface area contributed by atoms with Crippen molar-refractivity contribution in [2.24, 2.45) is 0 Å². The number of likely N-dealkylation sites (tertiary alicyclic amines) is 1. The maximum Gasteiger partial charge on any atom is 0.164 e. The first-order valence-electron chi connectivity index (χ1n) is 13.0. The fourth-order valence-corrected chi connectivity index (χ4v) is 6.40. The van der Waals surface area contributed by atoms with Crippen LogP contribution >= 0.6 is 11.6 Å². The lowest BCUT2D eigenvalue weighted by molar-refractivity contribution is 0.292. The third kappa shape index (κ3) is 3.47. The Morgan fingerprint density at radius 2 is 1.79 bits per heavy atom. The molecule has 1 aromatic carbocycles. The number of fused-ring (bicyclic) bond motifs is 4. The Labute approximate surface area is 229 Å². The molecule has 8 rings (SSSR count). The number of benzene rings is 1. The molecule has 7 heterocycles. The minimum atomic E-state index is 0.543. The zero-order valence-electron chi connectivity index (χ0n) is 21.2. The number of anilines is 1. The van der Waals surface area contributed by atoms with E-state index in [1.54, 1.807) is 18.6 Å². The van der Waals surface area contributed by atoms with E-state index >= 15 is 0 Å². The second-order valence-corrected chi connectivity index (χ2v) is 10.7. The van der Waals surface area contributed by atoms with Gasteiger partial charge in [0.2, 0.25) is 0 Å². The molecule has 0 amide bonds. The van der Waals surface area contributed by atoms with Gasteiger partial charge in [-0.3, -0.25) is 15.0 Å². The Morgan fingerprint density at radius 3 is 2.56 bits per heavy atom. The molecule has 10 heteroatoms. The smallest absolute Gasteiger partial charge is 0.164 e. The molecule has 5 aromatic heterocycles. The lowest BCUT2D eigenvalue weighted by Crippen LogP contribution is -2.44. The van der Waals surface area contributed by atoms with Crippen LogP contribution in [0.2, 0.25) is 5.02 Å². The van der Waals surface area contributed by atoms with E-state index < -0.39 is 0 Å². The highest BCUT2D eigenvalue weighted by molar-refractivity contribution is 6.35. The molecule has 1 N–H and O–H groups in total. The minimum absolute atomic E-state index is 0.543. The van der Waals surface area contributed by atoms with Crippen LogP contribution in [0.15, 0.2) is 73.4 Å². The van der Waals surface area contributed by atoms with Crippen molar-refractivity contribution in [2.45, 2.75) is 18.5 Å². The predicted molar refractivity (Wildman–Crippen MR) is 152 cm³/mol. The van der Waals surface area contributed by atoms with Gasteiger partial charge in [0, 0.05) is 66.5 Å². The van der Waals surface area contributed by atoms with Gasteiger partial charge in [-0.15, -0.1) is 0 Å². The van der Waals surface area contributed by atoms with Crippen LogP contribution in [0.4, 0.5) is 5.82 Å². The average molecular weight is 534 g/mol. The summed E-state index contributed by atoms with van der Waals surface area (Å²) in [6, 6.07) is 15.2. The molecule has 0 saturated carbocycles. The highest BCUT2D eigenvalue weighted by atomic mass is 35.5. The largest absolute Gasteiger partial charge is 0.351 e. The summed E-state index contributed by atoms with van der Waals surface area (Å²) in [5.41, 5.74) is 7.05. The number of hydrogen-bond acceptors (Lipinski definition) is 7. The summed E-state index contributed by atoms with van der Waals surface area (Å²) < 4.78 is 1.91. The van der Waals surface area contributed by atoms with E-state index in [1.807, 2.05) is 47.2 Å². The maximum atomic E-state index is 6.47. The van der Waals surface area contributed by atoms with Gasteiger partial charge in [0.15, 0.2) is 5.65 Å². The summed E-state index contributed by atoms with van der Waals surface area (Å²) in [6.45, 7) is 2.13. The molecule has 0 spiro atoms. The highest BCUT2D eigenvalue weighted by Crippen LogP contribution is 2.40. The number of rotatable bonds is 4. The van der Waals surface area contributed by atoms with Crippen molar-refractivity contribution in [3.8, 4) is 33.6 Å². The van der Waals surface area contributed by atoms with Gasteiger partial charge in [-0.1, -0.05) is 17.7 Å². The van der Waals surface area contributed by atoms with Crippen LogP contribution < -0.4 is 4.90 Å². The third-order valence-electron chi connectivity index (χ3n) is 8.16. The Balaban J connectivity index is 1.29. The fourth-order valence-electron chi connectivity index (χ4n) is 6.20. The average Bonchev–Trinajstić information content (AvgIpc) is 3.77. The van der Waals surface area contributed by atoms with Crippen LogP contribution in [0.25, 0.3) is 50.2 Å². The summed E-state index contributed by atoms with van der Waals surface area (Å²) >= 11 is 6.47. The SMILES string of the molecule is CN1C[C@H]2C[C@@H]1CN2c1ccc(-c2ccnc3c(-c4ccc(Cl)c5[nH]ncc45)c(-c4ccncc4)nn23)cn1. The predicted octanol–water partition coefficient (Wildman–Crippen LogP) is 4.94. The molecule has 0 radical (unpaired) electrons. The first kappa shape index (κ1) is 22.6. The molecule has 192 valence electrons. The van der Waals surface area contributed by atoms with Crippen molar-refractivity contribution < 1.29 is 0 Å². The molecule has 2 aliphatic rings. The fraction of sp³-hybridized carbons (Fsp3) is 0.207. The lowest BCUT2D eigenvalue weighted by atomic mass is 9.99. The van der Waals surface area contributed by atoms with Crippen molar-refractivity contribution in [1.82, 2.24) is 39.7 Å². The number of halogens is 1. The summed E-state index contributed by atoms with van der Waals surface area (Å²) in [5, 5.41) is 13.9. The van der Waals surface area contributed by atoms with Gasteiger partial charge < -0.3 is 4.90 Å². The monoisotopic (exact) mass is 533 g/mol. The number of pyridine rings is 2. The molecular formula is C29H24ClN9. The van der Waals surface area contributed by atoms with E-state index in [2.05, 4.69) is 44.2 Å². The van der Waals surface area contributed by atoms with Crippen LogP contribution in [0.1, 0.15) is 6.42 Å². The topological polar surface area (TPSA) is 91.1 Å². The van der Waals surface area contributed by atoms with Gasteiger partial charge in [0.25, 0.3) is 0 Å². The van der Waals surface area contributed by atoms with E-state index in [0.29, 0.717) is 17.1 Å². The molecule has 2 saturated heterocycles. The van der Waals surface area contributed by atoms with Gasteiger partial charge in [-0.25, -0.2) is 14.5 Å². The molecule has 6 aromatic rings. The van der Waals surface area contributed by atoms with E-state index in [4.69, 9.17) is 26.7 Å². The number of nitrogens with zero attached hydrogens (tertiary/aromatic N) is 8. The molecule has 2 bridgehead atoms. The van der Waals surface area contributed by atoms with E-state index in [9.17, 15) is 0 Å². The van der Waals surface area contributed by atoms with Crippen molar-refractivity contribution in [2.75, 3.05) is 25.0 Å².